The van der Waals surface area contributed by atoms with E-state index in [1.807, 2.05) is 25.1 Å². The largest absolute Gasteiger partial charge is 0.268 e. The molecule has 0 unspecified atom stereocenters. The van der Waals surface area contributed by atoms with Gasteiger partial charge in [-0.1, -0.05) is 17.7 Å². The zero-order chi connectivity index (χ0) is 10.8. The number of H-pyrrole nitrogens is 1. The van der Waals surface area contributed by atoms with E-state index in [0.717, 1.165) is 21.8 Å². The van der Waals surface area contributed by atoms with Gasteiger partial charge in [-0.25, -0.2) is 5.10 Å². The maximum absolute atomic E-state index is 10.8. The molecule has 1 heterocycles. The molecule has 1 aromatic heterocycles. The third kappa shape index (κ3) is 2.07. The molecule has 0 saturated carbocycles. The summed E-state index contributed by atoms with van der Waals surface area (Å²) in [6.07, 6.45) is 0. The summed E-state index contributed by atoms with van der Waals surface area (Å²) in [5, 5.41) is 7.06. The first kappa shape index (κ1) is 9.93. The zero-order valence-electron chi connectivity index (χ0n) is 8.12. The van der Waals surface area contributed by atoms with Gasteiger partial charge in [0.2, 0.25) is 0 Å². The van der Waals surface area contributed by atoms with Gasteiger partial charge in [-0.2, -0.15) is 5.10 Å². The lowest BCUT2D eigenvalue weighted by Gasteiger charge is -2.02. The molecule has 0 saturated heterocycles. The number of aromatic nitrogens is 2. The molecule has 3 nitrogen and oxygen atoms in total. The van der Waals surface area contributed by atoms with E-state index < -0.39 is 0 Å². The minimum absolute atomic E-state index is 0.204. The Morgan fingerprint density at radius 2 is 2.07 bits per heavy atom. The molecule has 1 N–H and O–H groups in total. The summed E-state index contributed by atoms with van der Waals surface area (Å²) in [4.78, 5) is 10.8. The summed E-state index contributed by atoms with van der Waals surface area (Å²) in [6.45, 7) is 1.93. The standard InChI is InChI=1S/C11H9ClN2O/c1-7-6-8(2-3-9(7)12)10-4-5-11(15)14-13-10/h2-6H,1H3,(H,14,15). The molecule has 2 rings (SSSR count). The molecule has 2 aromatic rings. The van der Waals surface area contributed by atoms with Crippen molar-refractivity contribution >= 4 is 11.6 Å². The van der Waals surface area contributed by atoms with E-state index in [1.165, 1.54) is 6.07 Å². The normalized spacial score (nSPS) is 10.3. The second-order valence-corrected chi connectivity index (χ2v) is 3.68. The van der Waals surface area contributed by atoms with Gasteiger partial charge < -0.3 is 0 Å². The molecule has 0 atom stereocenters. The monoisotopic (exact) mass is 220 g/mol. The second kappa shape index (κ2) is 3.87. The summed E-state index contributed by atoms with van der Waals surface area (Å²) < 4.78 is 0. The van der Waals surface area contributed by atoms with Crippen LogP contribution in [-0.4, -0.2) is 10.2 Å². The highest BCUT2D eigenvalue weighted by atomic mass is 35.5. The summed E-state index contributed by atoms with van der Waals surface area (Å²) >= 11 is 5.92. The maximum atomic E-state index is 10.8. The van der Waals surface area contributed by atoms with Gasteiger partial charge in [-0.05, 0) is 30.7 Å². The molecule has 0 aliphatic rings. The summed E-state index contributed by atoms with van der Waals surface area (Å²) in [7, 11) is 0. The molecule has 0 bridgehead atoms. The van der Waals surface area contributed by atoms with Crippen molar-refractivity contribution in [2.45, 2.75) is 6.92 Å². The van der Waals surface area contributed by atoms with Crippen molar-refractivity contribution in [3.8, 4) is 11.3 Å². The van der Waals surface area contributed by atoms with Gasteiger partial charge in [-0.15, -0.1) is 0 Å². The molecule has 0 amide bonds. The van der Waals surface area contributed by atoms with Crippen molar-refractivity contribution in [2.75, 3.05) is 0 Å². The van der Waals surface area contributed by atoms with E-state index in [1.54, 1.807) is 6.07 Å². The van der Waals surface area contributed by atoms with Crippen LogP contribution in [0.4, 0.5) is 0 Å². The average molecular weight is 221 g/mol. The van der Waals surface area contributed by atoms with Crippen LogP contribution >= 0.6 is 11.6 Å². The van der Waals surface area contributed by atoms with Gasteiger partial charge in [0.1, 0.15) is 0 Å². The van der Waals surface area contributed by atoms with Crippen LogP contribution in [0.15, 0.2) is 35.1 Å². The molecule has 4 heteroatoms. The Balaban J connectivity index is 2.50. The molecule has 76 valence electrons. The van der Waals surface area contributed by atoms with Gasteiger partial charge in [-0.3, -0.25) is 4.79 Å². The lowest BCUT2D eigenvalue weighted by Crippen LogP contribution is -2.05. The lowest BCUT2D eigenvalue weighted by atomic mass is 10.1. The molecule has 0 aliphatic heterocycles. The van der Waals surface area contributed by atoms with Crippen molar-refractivity contribution < 1.29 is 0 Å². The number of hydrogen-bond donors (Lipinski definition) is 1. The van der Waals surface area contributed by atoms with Crippen LogP contribution in [-0.2, 0) is 0 Å². The Bertz CT molecular complexity index is 528. The first-order valence-electron chi connectivity index (χ1n) is 4.49. The Labute approximate surface area is 91.7 Å². The SMILES string of the molecule is Cc1cc(-c2ccc(=O)[nH]n2)ccc1Cl. The molecule has 0 spiro atoms. The van der Waals surface area contributed by atoms with E-state index >= 15 is 0 Å². The van der Waals surface area contributed by atoms with Crippen LogP contribution in [0.2, 0.25) is 5.02 Å². The second-order valence-electron chi connectivity index (χ2n) is 3.27. The molecule has 0 fully saturated rings. The van der Waals surface area contributed by atoms with Crippen LogP contribution in [0.5, 0.6) is 0 Å². The third-order valence-corrected chi connectivity index (χ3v) is 2.56. The van der Waals surface area contributed by atoms with E-state index in [2.05, 4.69) is 10.2 Å². The average Bonchev–Trinajstić information content (AvgIpc) is 2.23. The van der Waals surface area contributed by atoms with Gasteiger partial charge in [0, 0.05) is 16.7 Å². The minimum atomic E-state index is -0.204. The molecular weight excluding hydrogens is 212 g/mol. The van der Waals surface area contributed by atoms with Crippen LogP contribution in [0.1, 0.15) is 5.56 Å². The van der Waals surface area contributed by atoms with Crippen molar-refractivity contribution in [3.63, 3.8) is 0 Å². The predicted molar refractivity (Wildman–Crippen MR) is 60.0 cm³/mol. The van der Waals surface area contributed by atoms with E-state index in [4.69, 9.17) is 11.6 Å². The molecular formula is C11H9ClN2O. The fourth-order valence-electron chi connectivity index (χ4n) is 1.31. The van der Waals surface area contributed by atoms with Gasteiger partial charge >= 0.3 is 0 Å². The van der Waals surface area contributed by atoms with Crippen molar-refractivity contribution in [3.05, 3.63) is 51.3 Å². The first-order chi connectivity index (χ1) is 7.16. The van der Waals surface area contributed by atoms with Crippen LogP contribution in [0.3, 0.4) is 0 Å². The molecule has 1 aromatic carbocycles. The van der Waals surface area contributed by atoms with Gasteiger partial charge in [0.15, 0.2) is 0 Å². The maximum Gasteiger partial charge on any atom is 0.264 e. The zero-order valence-corrected chi connectivity index (χ0v) is 8.88. The van der Waals surface area contributed by atoms with E-state index in [9.17, 15) is 4.79 Å². The molecule has 0 aliphatic carbocycles. The highest BCUT2D eigenvalue weighted by Gasteiger charge is 2.01. The number of hydrogen-bond acceptors (Lipinski definition) is 2. The Hall–Kier alpha value is -1.61. The number of aromatic amines is 1. The lowest BCUT2D eigenvalue weighted by molar-refractivity contribution is 0.995. The van der Waals surface area contributed by atoms with E-state index in [0.29, 0.717) is 0 Å². The van der Waals surface area contributed by atoms with Crippen LogP contribution in [0.25, 0.3) is 11.3 Å². The van der Waals surface area contributed by atoms with Crippen molar-refractivity contribution in [1.29, 1.82) is 0 Å². The van der Waals surface area contributed by atoms with Crippen molar-refractivity contribution in [2.24, 2.45) is 0 Å². The summed E-state index contributed by atoms with van der Waals surface area (Å²) in [5.41, 5.74) is 2.45. The smallest absolute Gasteiger partial charge is 0.264 e. The quantitative estimate of drug-likeness (QED) is 0.802. The Morgan fingerprint density at radius 1 is 1.27 bits per heavy atom. The Morgan fingerprint density at radius 3 is 2.67 bits per heavy atom. The fourth-order valence-corrected chi connectivity index (χ4v) is 1.43. The number of halogens is 1. The minimum Gasteiger partial charge on any atom is -0.268 e. The summed E-state index contributed by atoms with van der Waals surface area (Å²) in [6, 6.07) is 8.76. The number of rotatable bonds is 1. The van der Waals surface area contributed by atoms with Crippen LogP contribution < -0.4 is 5.56 Å². The highest BCUT2D eigenvalue weighted by Crippen LogP contribution is 2.22. The van der Waals surface area contributed by atoms with Crippen LogP contribution in [0, 0.1) is 6.92 Å². The number of nitrogens with one attached hydrogen (secondary N) is 1. The number of aryl methyl sites for hydroxylation is 1. The first-order valence-corrected chi connectivity index (χ1v) is 4.87. The highest BCUT2D eigenvalue weighted by molar-refractivity contribution is 6.31. The van der Waals surface area contributed by atoms with E-state index in [-0.39, 0.29) is 5.56 Å². The van der Waals surface area contributed by atoms with Gasteiger partial charge in [0.05, 0.1) is 5.69 Å². The number of nitrogens with zero attached hydrogens (tertiary/aromatic N) is 1. The van der Waals surface area contributed by atoms with Gasteiger partial charge in [0.25, 0.3) is 5.56 Å². The predicted octanol–water partition coefficient (Wildman–Crippen LogP) is 2.40. The fraction of sp³-hybridized carbons (Fsp3) is 0.0909. The molecule has 15 heavy (non-hydrogen) atoms. The summed E-state index contributed by atoms with van der Waals surface area (Å²) in [5.74, 6) is 0. The Kier molecular flexibility index (Phi) is 2.56. The molecule has 0 radical (unpaired) electrons. The number of benzene rings is 1. The van der Waals surface area contributed by atoms with Crippen molar-refractivity contribution in [1.82, 2.24) is 10.2 Å². The topological polar surface area (TPSA) is 45.8 Å². The third-order valence-electron chi connectivity index (χ3n) is 2.13.